The Labute approximate surface area is 267 Å². The molecule has 3 aromatic rings. The molecule has 0 aliphatic carbocycles. The number of amidine groups is 1. The second-order valence-corrected chi connectivity index (χ2v) is 12.4. The van der Waals surface area contributed by atoms with Gasteiger partial charge in [-0.25, -0.2) is 18.4 Å². The summed E-state index contributed by atoms with van der Waals surface area (Å²) in [5, 5.41) is 9.65. The van der Waals surface area contributed by atoms with Gasteiger partial charge in [0.1, 0.15) is 11.8 Å². The minimum Gasteiger partial charge on any atom is -0.494 e. The van der Waals surface area contributed by atoms with E-state index >= 15 is 0 Å². The first-order valence-corrected chi connectivity index (χ1v) is 16.3. The van der Waals surface area contributed by atoms with Crippen LogP contribution in [0.25, 0.3) is 5.57 Å². The Hall–Kier alpha value is -4.29. The predicted molar refractivity (Wildman–Crippen MR) is 174 cm³/mol. The van der Waals surface area contributed by atoms with Crippen LogP contribution in [-0.2, 0) is 27.4 Å². The van der Waals surface area contributed by atoms with E-state index in [0.717, 1.165) is 41.9 Å². The van der Waals surface area contributed by atoms with Crippen molar-refractivity contribution in [3.8, 4) is 5.75 Å². The fraction of sp³-hybridized carbons (Fsp3) is 0.324. The number of carboxylic acid groups (broad SMARTS) is 1. The molecule has 0 radical (unpaired) electrons. The highest BCUT2D eigenvalue weighted by Gasteiger charge is 2.31. The standard InChI is InChI=1S/C34H38F3N3O5S/c1-4-5-6-7-8-21-45-29-17-13-26(14-18-29)24(2)23-39-32(38-3)27-11-9-25(10-12-27)22-31(33(41)42)40-46(43,44)30-19-15-28(16-20-30)34(35,36)37/h9-20,23,31,40H,3-8,21-22H2,1-2H3,(H,41,42)/b24-23+,39-32?/t31-/m0/s1. The lowest BCUT2D eigenvalue weighted by Crippen LogP contribution is -2.42. The second kappa shape index (κ2) is 16.9. The zero-order chi connectivity index (χ0) is 33.7. The number of nitrogens with zero attached hydrogens (tertiary/aromatic N) is 2. The molecule has 12 heteroatoms. The zero-order valence-electron chi connectivity index (χ0n) is 25.8. The molecule has 0 aliphatic rings. The lowest BCUT2D eigenvalue weighted by Gasteiger charge is -2.16. The molecule has 0 aromatic heterocycles. The number of ether oxygens (including phenoxy) is 1. The average Bonchev–Trinajstić information content (AvgIpc) is 3.03. The summed E-state index contributed by atoms with van der Waals surface area (Å²) in [5.74, 6) is -0.314. The number of hydrogen-bond acceptors (Lipinski definition) is 5. The Morgan fingerprint density at radius 3 is 2.13 bits per heavy atom. The van der Waals surface area contributed by atoms with E-state index in [-0.39, 0.29) is 6.42 Å². The Bertz CT molecular complexity index is 1620. The number of hydrogen-bond donors (Lipinski definition) is 2. The van der Waals surface area contributed by atoms with E-state index in [0.29, 0.717) is 35.7 Å². The number of benzene rings is 3. The summed E-state index contributed by atoms with van der Waals surface area (Å²) < 4.78 is 71.8. The van der Waals surface area contributed by atoms with Crippen LogP contribution < -0.4 is 9.46 Å². The van der Waals surface area contributed by atoms with E-state index in [1.807, 2.05) is 31.2 Å². The number of sulfonamides is 1. The number of rotatable bonds is 16. The van der Waals surface area contributed by atoms with E-state index in [1.54, 1.807) is 30.5 Å². The van der Waals surface area contributed by atoms with Crippen molar-refractivity contribution >= 4 is 34.1 Å². The van der Waals surface area contributed by atoms with Crippen LogP contribution in [0.2, 0.25) is 0 Å². The van der Waals surface area contributed by atoms with Gasteiger partial charge in [-0.3, -0.25) is 4.79 Å². The van der Waals surface area contributed by atoms with Crippen molar-refractivity contribution in [3.63, 3.8) is 0 Å². The fourth-order valence-electron chi connectivity index (χ4n) is 4.43. The van der Waals surface area contributed by atoms with E-state index in [9.17, 15) is 31.5 Å². The van der Waals surface area contributed by atoms with Gasteiger partial charge in [-0.05, 0) is 79.6 Å². The maximum absolute atomic E-state index is 12.8. The maximum Gasteiger partial charge on any atom is 0.416 e. The molecule has 0 heterocycles. The van der Waals surface area contributed by atoms with E-state index < -0.39 is 38.7 Å². The summed E-state index contributed by atoms with van der Waals surface area (Å²) in [5.41, 5.74) is 1.91. The second-order valence-electron chi connectivity index (χ2n) is 10.6. The molecule has 0 unspecified atom stereocenters. The average molecular weight is 658 g/mol. The third-order valence-electron chi connectivity index (χ3n) is 7.10. The van der Waals surface area contributed by atoms with Gasteiger partial charge in [0.15, 0.2) is 5.84 Å². The summed E-state index contributed by atoms with van der Waals surface area (Å²) in [6, 6.07) is 15.5. The van der Waals surface area contributed by atoms with Crippen molar-refractivity contribution in [2.75, 3.05) is 6.61 Å². The number of carboxylic acids is 1. The molecule has 3 rings (SSSR count). The molecule has 246 valence electrons. The Kier molecular flexibility index (Phi) is 13.3. The van der Waals surface area contributed by atoms with Crippen LogP contribution in [-0.4, -0.2) is 44.7 Å². The Balaban J connectivity index is 1.64. The summed E-state index contributed by atoms with van der Waals surface area (Å²) >= 11 is 0. The Morgan fingerprint density at radius 1 is 0.957 bits per heavy atom. The van der Waals surface area contributed by atoms with Crippen LogP contribution in [0, 0.1) is 0 Å². The topological polar surface area (TPSA) is 117 Å². The highest BCUT2D eigenvalue weighted by Crippen LogP contribution is 2.29. The molecule has 0 bridgehead atoms. The quantitative estimate of drug-likeness (QED) is 0.0938. The first kappa shape index (κ1) is 36.2. The highest BCUT2D eigenvalue weighted by atomic mass is 32.2. The third-order valence-corrected chi connectivity index (χ3v) is 8.58. The predicted octanol–water partition coefficient (Wildman–Crippen LogP) is 7.54. The number of allylic oxidation sites excluding steroid dienone is 1. The SMILES string of the molecule is C=NC(=N/C=C(\C)c1ccc(OCCCCCCC)cc1)c1ccc(C[C@H](NS(=O)(=O)c2ccc(C(F)(F)F)cc2)C(=O)O)cc1. The molecular weight excluding hydrogens is 619 g/mol. The summed E-state index contributed by atoms with van der Waals surface area (Å²) in [7, 11) is -4.42. The van der Waals surface area contributed by atoms with Crippen LogP contribution in [0.4, 0.5) is 13.2 Å². The van der Waals surface area contributed by atoms with Gasteiger partial charge < -0.3 is 9.84 Å². The van der Waals surface area contributed by atoms with E-state index in [4.69, 9.17) is 4.74 Å². The van der Waals surface area contributed by atoms with E-state index in [1.165, 1.54) is 19.3 Å². The van der Waals surface area contributed by atoms with Gasteiger partial charge in [0.25, 0.3) is 0 Å². The molecule has 46 heavy (non-hydrogen) atoms. The van der Waals surface area contributed by atoms with Crippen LogP contribution in [0.5, 0.6) is 5.75 Å². The summed E-state index contributed by atoms with van der Waals surface area (Å²) in [4.78, 5) is 19.8. The summed E-state index contributed by atoms with van der Waals surface area (Å²) in [6.07, 6.45) is 2.67. The van der Waals surface area contributed by atoms with Gasteiger partial charge in [-0.1, -0.05) is 69.0 Å². The smallest absolute Gasteiger partial charge is 0.416 e. The van der Waals surface area contributed by atoms with Crippen LogP contribution in [0.1, 0.15) is 68.2 Å². The van der Waals surface area contributed by atoms with Gasteiger partial charge in [0.2, 0.25) is 10.0 Å². The molecule has 1 atom stereocenters. The first-order valence-electron chi connectivity index (χ1n) is 14.8. The molecule has 0 fully saturated rings. The van der Waals surface area contributed by atoms with Crippen molar-refractivity contribution in [2.45, 2.75) is 69.5 Å². The van der Waals surface area contributed by atoms with Gasteiger partial charge in [-0.2, -0.15) is 17.9 Å². The minimum absolute atomic E-state index is 0.221. The molecule has 2 N–H and O–H groups in total. The monoisotopic (exact) mass is 657 g/mol. The van der Waals surface area contributed by atoms with Crippen molar-refractivity contribution in [2.24, 2.45) is 9.98 Å². The summed E-state index contributed by atoms with van der Waals surface area (Å²) in [6.45, 7) is 8.37. The van der Waals surface area contributed by atoms with Crippen molar-refractivity contribution in [1.82, 2.24) is 4.72 Å². The molecule has 0 saturated carbocycles. The number of alkyl halides is 3. The third kappa shape index (κ3) is 11.0. The van der Waals surface area contributed by atoms with E-state index in [2.05, 4.69) is 28.3 Å². The normalized spacial score (nSPS) is 13.3. The first-order chi connectivity index (χ1) is 21.8. The van der Waals surface area contributed by atoms with Gasteiger partial charge >= 0.3 is 12.1 Å². The van der Waals surface area contributed by atoms with Gasteiger partial charge in [-0.15, -0.1) is 0 Å². The molecule has 0 aliphatic heterocycles. The largest absolute Gasteiger partial charge is 0.494 e. The van der Waals surface area contributed by atoms with Crippen LogP contribution in [0.15, 0.2) is 93.9 Å². The number of unbranched alkanes of at least 4 members (excludes halogenated alkanes) is 4. The van der Waals surface area contributed by atoms with Gasteiger partial charge in [0.05, 0.1) is 17.1 Å². The van der Waals surface area contributed by atoms with Crippen LogP contribution in [0.3, 0.4) is 0 Å². The number of halogens is 3. The molecule has 8 nitrogen and oxygen atoms in total. The van der Waals surface area contributed by atoms with Crippen LogP contribution >= 0.6 is 0 Å². The number of nitrogens with one attached hydrogen (secondary N) is 1. The highest BCUT2D eigenvalue weighted by molar-refractivity contribution is 7.89. The molecule has 0 amide bonds. The lowest BCUT2D eigenvalue weighted by molar-refractivity contribution is -0.139. The lowest BCUT2D eigenvalue weighted by atomic mass is 10.0. The maximum atomic E-state index is 12.8. The number of aliphatic carboxylic acids is 1. The Morgan fingerprint density at radius 2 is 1.57 bits per heavy atom. The number of carbonyl (C=O) groups is 1. The number of aliphatic imine (C=N–C) groups is 2. The molecular formula is C34H38F3N3O5S. The van der Waals surface area contributed by atoms with Crippen molar-refractivity contribution in [3.05, 3.63) is 101 Å². The minimum atomic E-state index is -4.64. The molecule has 0 saturated heterocycles. The van der Waals surface area contributed by atoms with Crippen molar-refractivity contribution < 1.29 is 36.2 Å². The zero-order valence-corrected chi connectivity index (χ0v) is 26.6. The van der Waals surface area contributed by atoms with Crippen molar-refractivity contribution in [1.29, 1.82) is 0 Å². The molecule has 0 spiro atoms. The fourth-order valence-corrected chi connectivity index (χ4v) is 5.62. The molecule has 3 aromatic carbocycles. The van der Waals surface area contributed by atoms with Gasteiger partial charge in [0, 0.05) is 11.8 Å².